The van der Waals surface area contributed by atoms with Crippen LogP contribution in [0.1, 0.15) is 32.3 Å². The van der Waals surface area contributed by atoms with E-state index < -0.39 is 0 Å². The molecule has 0 spiro atoms. The maximum atomic E-state index is 3.44. The van der Waals surface area contributed by atoms with Gasteiger partial charge in [0.1, 0.15) is 0 Å². The highest BCUT2D eigenvalue weighted by Crippen LogP contribution is 2.09. The molecule has 0 fully saturated rings. The maximum Gasteiger partial charge on any atom is 0.0237 e. The maximum absolute atomic E-state index is 3.44. The first-order valence-corrected chi connectivity index (χ1v) is 6.85. The van der Waals surface area contributed by atoms with E-state index in [2.05, 4.69) is 61.3 Å². The standard InChI is InChI=1S/C17H25N/c1-15(2)12-13-17(14-18-3)11-7-10-16-8-5-4-6-9-16/h4-6,8-9,12,15,18H,7,10-11,14H2,1-3H3. The highest BCUT2D eigenvalue weighted by molar-refractivity contribution is 5.15. The highest BCUT2D eigenvalue weighted by atomic mass is 14.8. The summed E-state index contributed by atoms with van der Waals surface area (Å²) in [5.74, 6) is 0.575. The lowest BCUT2D eigenvalue weighted by Gasteiger charge is -2.05. The second-order valence-corrected chi connectivity index (χ2v) is 5.03. The van der Waals surface area contributed by atoms with E-state index in [4.69, 9.17) is 0 Å². The normalized spacial score (nSPS) is 10.2. The van der Waals surface area contributed by atoms with Crippen LogP contribution in [0.5, 0.6) is 0 Å². The number of likely N-dealkylation sites (N-methyl/N-ethyl adjacent to an activating group) is 1. The summed E-state index contributed by atoms with van der Waals surface area (Å²) in [5, 5.41) is 3.22. The molecule has 1 N–H and O–H groups in total. The third-order valence-corrected chi connectivity index (χ3v) is 2.80. The molecule has 0 saturated carbocycles. The molecular formula is C17H25N. The molecule has 0 bridgehead atoms. The molecule has 18 heavy (non-hydrogen) atoms. The van der Waals surface area contributed by atoms with Gasteiger partial charge in [-0.3, -0.25) is 0 Å². The number of nitrogens with one attached hydrogen (secondary N) is 1. The molecule has 0 aliphatic heterocycles. The van der Waals surface area contributed by atoms with Crippen LogP contribution in [0.25, 0.3) is 0 Å². The van der Waals surface area contributed by atoms with Gasteiger partial charge in [-0.25, -0.2) is 0 Å². The quantitative estimate of drug-likeness (QED) is 0.715. The smallest absolute Gasteiger partial charge is 0.0237 e. The van der Waals surface area contributed by atoms with Crippen molar-refractivity contribution in [1.29, 1.82) is 0 Å². The zero-order valence-corrected chi connectivity index (χ0v) is 11.9. The van der Waals surface area contributed by atoms with Gasteiger partial charge in [0.05, 0.1) is 0 Å². The first-order chi connectivity index (χ1) is 8.72. The van der Waals surface area contributed by atoms with Crippen molar-refractivity contribution in [3.05, 3.63) is 53.3 Å². The molecule has 1 aromatic carbocycles. The van der Waals surface area contributed by atoms with Crippen molar-refractivity contribution in [3.63, 3.8) is 0 Å². The topological polar surface area (TPSA) is 12.0 Å². The second kappa shape index (κ2) is 8.74. The Morgan fingerprint density at radius 2 is 2.00 bits per heavy atom. The SMILES string of the molecule is CNCC(=C=CC(C)C)CCCc1ccccc1. The van der Waals surface area contributed by atoms with Gasteiger partial charge < -0.3 is 5.32 Å². The van der Waals surface area contributed by atoms with Crippen molar-refractivity contribution in [2.45, 2.75) is 33.1 Å². The number of benzene rings is 1. The fraction of sp³-hybridized carbons (Fsp3) is 0.471. The third-order valence-electron chi connectivity index (χ3n) is 2.80. The summed E-state index contributed by atoms with van der Waals surface area (Å²) in [6.07, 6.45) is 5.63. The molecule has 0 radical (unpaired) electrons. The molecule has 0 unspecified atom stereocenters. The van der Waals surface area contributed by atoms with Gasteiger partial charge in [0.25, 0.3) is 0 Å². The Morgan fingerprint density at radius 3 is 2.61 bits per heavy atom. The molecule has 0 atom stereocenters. The molecule has 0 aliphatic carbocycles. The minimum Gasteiger partial charge on any atom is -0.315 e. The predicted octanol–water partition coefficient (Wildman–Crippen LogP) is 3.97. The Labute approximate surface area is 112 Å². The van der Waals surface area contributed by atoms with Gasteiger partial charge in [0.15, 0.2) is 0 Å². The fourth-order valence-corrected chi connectivity index (χ4v) is 1.86. The summed E-state index contributed by atoms with van der Waals surface area (Å²) in [4.78, 5) is 0. The van der Waals surface area contributed by atoms with Crippen LogP contribution in [-0.2, 0) is 6.42 Å². The van der Waals surface area contributed by atoms with Crippen LogP contribution in [0, 0.1) is 5.92 Å². The van der Waals surface area contributed by atoms with Crippen LogP contribution in [0.2, 0.25) is 0 Å². The summed E-state index contributed by atoms with van der Waals surface area (Å²) in [5.41, 5.74) is 6.24. The largest absolute Gasteiger partial charge is 0.315 e. The van der Waals surface area contributed by atoms with Crippen LogP contribution in [-0.4, -0.2) is 13.6 Å². The Kier molecular flexibility index (Phi) is 7.17. The van der Waals surface area contributed by atoms with Gasteiger partial charge in [-0.1, -0.05) is 44.2 Å². The third kappa shape index (κ3) is 6.44. The van der Waals surface area contributed by atoms with Crippen molar-refractivity contribution >= 4 is 0 Å². The first-order valence-electron chi connectivity index (χ1n) is 6.85. The van der Waals surface area contributed by atoms with E-state index in [1.54, 1.807) is 0 Å². The summed E-state index contributed by atoms with van der Waals surface area (Å²) >= 11 is 0. The van der Waals surface area contributed by atoms with Crippen LogP contribution >= 0.6 is 0 Å². The number of rotatable bonds is 7. The summed E-state index contributed by atoms with van der Waals surface area (Å²) < 4.78 is 0. The van der Waals surface area contributed by atoms with Crippen molar-refractivity contribution in [3.8, 4) is 0 Å². The summed E-state index contributed by atoms with van der Waals surface area (Å²) in [6.45, 7) is 5.32. The predicted molar refractivity (Wildman–Crippen MR) is 79.7 cm³/mol. The average Bonchev–Trinajstić information content (AvgIpc) is 2.37. The molecule has 0 saturated heterocycles. The molecule has 1 nitrogen and oxygen atoms in total. The average molecular weight is 243 g/mol. The lowest BCUT2D eigenvalue weighted by atomic mass is 10.0. The van der Waals surface area contributed by atoms with Crippen molar-refractivity contribution < 1.29 is 0 Å². The Morgan fingerprint density at radius 1 is 1.28 bits per heavy atom. The minimum absolute atomic E-state index is 0.575. The second-order valence-electron chi connectivity index (χ2n) is 5.03. The minimum atomic E-state index is 0.575. The number of hydrogen-bond acceptors (Lipinski definition) is 1. The van der Waals surface area contributed by atoms with E-state index >= 15 is 0 Å². The van der Waals surface area contributed by atoms with E-state index in [-0.39, 0.29) is 0 Å². The van der Waals surface area contributed by atoms with E-state index in [1.165, 1.54) is 17.6 Å². The Hall–Kier alpha value is -1.30. The van der Waals surface area contributed by atoms with Gasteiger partial charge in [-0.05, 0) is 49.4 Å². The Bertz CT molecular complexity index is 383. The van der Waals surface area contributed by atoms with Crippen LogP contribution in [0.3, 0.4) is 0 Å². The lowest BCUT2D eigenvalue weighted by molar-refractivity contribution is 0.758. The van der Waals surface area contributed by atoms with E-state index in [0.717, 1.165) is 19.4 Å². The zero-order valence-electron chi connectivity index (χ0n) is 11.9. The summed E-state index contributed by atoms with van der Waals surface area (Å²) in [7, 11) is 1.99. The molecule has 1 aromatic rings. The molecule has 1 heteroatoms. The fourth-order valence-electron chi connectivity index (χ4n) is 1.86. The zero-order chi connectivity index (χ0) is 13.2. The molecule has 0 aliphatic rings. The van der Waals surface area contributed by atoms with Gasteiger partial charge in [-0.15, -0.1) is 5.73 Å². The van der Waals surface area contributed by atoms with Gasteiger partial charge >= 0.3 is 0 Å². The van der Waals surface area contributed by atoms with Crippen LogP contribution in [0.15, 0.2) is 47.7 Å². The molecular weight excluding hydrogens is 218 g/mol. The molecule has 0 aromatic heterocycles. The van der Waals surface area contributed by atoms with Gasteiger partial charge in [0, 0.05) is 6.54 Å². The van der Waals surface area contributed by atoms with Crippen LogP contribution < -0.4 is 5.32 Å². The molecule has 1 rings (SSSR count). The van der Waals surface area contributed by atoms with Crippen LogP contribution in [0.4, 0.5) is 0 Å². The molecule has 0 heterocycles. The lowest BCUT2D eigenvalue weighted by Crippen LogP contribution is -2.10. The van der Waals surface area contributed by atoms with E-state index in [9.17, 15) is 0 Å². The first kappa shape index (κ1) is 14.8. The number of hydrogen-bond donors (Lipinski definition) is 1. The number of aryl methyl sites for hydroxylation is 1. The van der Waals surface area contributed by atoms with Gasteiger partial charge in [0.2, 0.25) is 0 Å². The van der Waals surface area contributed by atoms with E-state index in [0.29, 0.717) is 5.92 Å². The van der Waals surface area contributed by atoms with Crippen molar-refractivity contribution in [2.24, 2.45) is 5.92 Å². The molecule has 0 amide bonds. The van der Waals surface area contributed by atoms with E-state index in [1.807, 2.05) is 7.05 Å². The van der Waals surface area contributed by atoms with Crippen molar-refractivity contribution in [2.75, 3.05) is 13.6 Å². The molecule has 98 valence electrons. The highest BCUT2D eigenvalue weighted by Gasteiger charge is 1.97. The summed E-state index contributed by atoms with van der Waals surface area (Å²) in [6, 6.07) is 10.7. The monoisotopic (exact) mass is 243 g/mol. The van der Waals surface area contributed by atoms with Gasteiger partial charge in [-0.2, -0.15) is 0 Å². The Balaban J connectivity index is 2.45. The van der Waals surface area contributed by atoms with Crippen molar-refractivity contribution in [1.82, 2.24) is 5.32 Å².